The van der Waals surface area contributed by atoms with Gasteiger partial charge in [0.05, 0.1) is 16.3 Å². The highest BCUT2D eigenvalue weighted by Gasteiger charge is 2.56. The summed E-state index contributed by atoms with van der Waals surface area (Å²) in [6, 6.07) is 10.4. The van der Waals surface area contributed by atoms with Gasteiger partial charge in [-0.1, -0.05) is 23.7 Å². The molecule has 132 valence electrons. The summed E-state index contributed by atoms with van der Waals surface area (Å²) in [5.41, 5.74) is -0.533. The summed E-state index contributed by atoms with van der Waals surface area (Å²) < 4.78 is 13.3. The zero-order chi connectivity index (χ0) is 18.5. The van der Waals surface area contributed by atoms with Gasteiger partial charge in [0.1, 0.15) is 5.82 Å². The van der Waals surface area contributed by atoms with Crippen molar-refractivity contribution in [3.05, 3.63) is 58.9 Å². The highest BCUT2D eigenvalue weighted by atomic mass is 35.5. The fourth-order valence-corrected chi connectivity index (χ4v) is 3.56. The van der Waals surface area contributed by atoms with Gasteiger partial charge in [-0.15, -0.1) is 0 Å². The Bertz CT molecular complexity index is 964. The molecule has 4 rings (SSSR count). The number of hydrogen-bond donors (Lipinski definition) is 2. The van der Waals surface area contributed by atoms with Crippen LogP contribution in [0.25, 0.3) is 0 Å². The molecule has 0 saturated carbocycles. The quantitative estimate of drug-likeness (QED) is 0.849. The van der Waals surface area contributed by atoms with Gasteiger partial charge in [0, 0.05) is 18.5 Å². The molecule has 2 aliphatic heterocycles. The third kappa shape index (κ3) is 2.35. The Labute approximate surface area is 152 Å². The van der Waals surface area contributed by atoms with Gasteiger partial charge >= 0.3 is 0 Å². The molecule has 1 unspecified atom stereocenters. The van der Waals surface area contributed by atoms with Gasteiger partial charge < -0.3 is 10.6 Å². The zero-order valence-corrected chi connectivity index (χ0v) is 14.1. The fraction of sp³-hybridized carbons (Fsp3) is 0.167. The van der Waals surface area contributed by atoms with Crippen molar-refractivity contribution in [3.63, 3.8) is 0 Å². The van der Waals surface area contributed by atoms with Crippen molar-refractivity contribution in [2.45, 2.75) is 18.5 Å². The minimum Gasteiger partial charge on any atom is -0.322 e. The monoisotopic (exact) mass is 373 g/mol. The number of hydrogen-bond acceptors (Lipinski definition) is 3. The Morgan fingerprint density at radius 2 is 2.00 bits per heavy atom. The molecule has 1 fully saturated rings. The number of nitrogens with zero attached hydrogens (tertiary/aromatic N) is 1. The van der Waals surface area contributed by atoms with E-state index in [1.54, 1.807) is 24.3 Å². The largest absolute Gasteiger partial charge is 0.322 e. The van der Waals surface area contributed by atoms with Crippen LogP contribution in [0.2, 0.25) is 5.02 Å². The first-order valence-electron chi connectivity index (χ1n) is 7.93. The van der Waals surface area contributed by atoms with E-state index in [0.717, 1.165) is 6.07 Å². The number of fused-ring (bicyclic) bond motifs is 3. The first kappa shape index (κ1) is 16.5. The molecule has 1 atom stereocenters. The SMILES string of the molecule is O=C1NC2(C(=O)Nc3ccc(F)c(Cl)c3)CCC(=O)N2c2ccccc21. The smallest absolute Gasteiger partial charge is 0.271 e. The Kier molecular flexibility index (Phi) is 3.69. The molecular weight excluding hydrogens is 361 g/mol. The minimum absolute atomic E-state index is 0.117. The number of halogens is 2. The predicted molar refractivity (Wildman–Crippen MR) is 93.4 cm³/mol. The van der Waals surface area contributed by atoms with Crippen LogP contribution in [-0.2, 0) is 9.59 Å². The van der Waals surface area contributed by atoms with Crippen LogP contribution in [0.3, 0.4) is 0 Å². The number of carbonyl (C=O) groups is 3. The molecule has 26 heavy (non-hydrogen) atoms. The topological polar surface area (TPSA) is 78.5 Å². The summed E-state index contributed by atoms with van der Waals surface area (Å²) in [6.07, 6.45) is 0.249. The summed E-state index contributed by atoms with van der Waals surface area (Å²) >= 11 is 5.75. The van der Waals surface area contributed by atoms with Gasteiger partial charge in [-0.25, -0.2) is 4.39 Å². The fourth-order valence-electron chi connectivity index (χ4n) is 3.38. The van der Waals surface area contributed by atoms with Crippen molar-refractivity contribution in [1.82, 2.24) is 5.32 Å². The van der Waals surface area contributed by atoms with E-state index < -0.39 is 23.3 Å². The lowest BCUT2D eigenvalue weighted by atomic mass is 9.98. The van der Waals surface area contributed by atoms with E-state index in [0.29, 0.717) is 11.3 Å². The molecule has 0 aliphatic carbocycles. The first-order chi connectivity index (χ1) is 12.4. The van der Waals surface area contributed by atoms with Crippen LogP contribution in [0, 0.1) is 5.82 Å². The van der Waals surface area contributed by atoms with Crippen LogP contribution in [0.15, 0.2) is 42.5 Å². The molecular formula is C18H13ClFN3O3. The van der Waals surface area contributed by atoms with Crippen LogP contribution in [0.1, 0.15) is 23.2 Å². The molecule has 2 aromatic rings. The van der Waals surface area contributed by atoms with Crippen molar-refractivity contribution in [2.75, 3.05) is 10.2 Å². The molecule has 3 amide bonds. The minimum atomic E-state index is -1.52. The third-order valence-electron chi connectivity index (χ3n) is 4.59. The molecule has 6 nitrogen and oxygen atoms in total. The van der Waals surface area contributed by atoms with Crippen LogP contribution in [0.5, 0.6) is 0 Å². The Morgan fingerprint density at radius 3 is 2.77 bits per heavy atom. The number of para-hydroxylation sites is 1. The number of nitrogens with one attached hydrogen (secondary N) is 2. The molecule has 0 bridgehead atoms. The molecule has 0 spiro atoms. The van der Waals surface area contributed by atoms with Gasteiger partial charge in [-0.3, -0.25) is 19.3 Å². The van der Waals surface area contributed by atoms with Gasteiger partial charge in [0.25, 0.3) is 11.8 Å². The average Bonchev–Trinajstić information content (AvgIpc) is 2.96. The second kappa shape index (κ2) is 5.81. The number of rotatable bonds is 2. The van der Waals surface area contributed by atoms with Crippen molar-refractivity contribution < 1.29 is 18.8 Å². The zero-order valence-electron chi connectivity index (χ0n) is 13.4. The van der Waals surface area contributed by atoms with Gasteiger partial charge in [0.2, 0.25) is 11.6 Å². The number of amides is 3. The summed E-state index contributed by atoms with van der Waals surface area (Å²) in [7, 11) is 0. The van der Waals surface area contributed by atoms with E-state index in [1.165, 1.54) is 17.0 Å². The van der Waals surface area contributed by atoms with Gasteiger partial charge in [0.15, 0.2) is 0 Å². The molecule has 2 aromatic carbocycles. The standard InChI is InChI=1S/C18H13ClFN3O3/c19-12-9-10(5-6-13(12)20)21-17(26)18-8-7-15(24)23(18)14-4-2-1-3-11(14)16(25)22-18/h1-6,9H,7-8H2,(H,21,26)(H,22,25). The lowest BCUT2D eigenvalue weighted by Gasteiger charge is -2.41. The molecule has 2 aliphatic rings. The number of benzene rings is 2. The summed E-state index contributed by atoms with van der Waals surface area (Å²) in [4.78, 5) is 39.3. The van der Waals surface area contributed by atoms with Crippen LogP contribution in [-0.4, -0.2) is 23.4 Å². The first-order valence-corrected chi connectivity index (χ1v) is 8.31. The third-order valence-corrected chi connectivity index (χ3v) is 4.88. The van der Waals surface area contributed by atoms with Crippen LogP contribution < -0.4 is 15.5 Å². The molecule has 0 aromatic heterocycles. The Balaban J connectivity index is 1.74. The maximum absolute atomic E-state index is 13.3. The molecule has 0 radical (unpaired) electrons. The molecule has 8 heteroatoms. The van der Waals surface area contributed by atoms with E-state index in [-0.39, 0.29) is 29.5 Å². The van der Waals surface area contributed by atoms with Gasteiger partial charge in [-0.05, 0) is 30.3 Å². The predicted octanol–water partition coefficient (Wildman–Crippen LogP) is 2.68. The second-order valence-corrected chi connectivity index (χ2v) is 6.55. The van der Waals surface area contributed by atoms with E-state index in [2.05, 4.69) is 10.6 Å². The van der Waals surface area contributed by atoms with Crippen molar-refractivity contribution >= 4 is 40.7 Å². The highest BCUT2D eigenvalue weighted by molar-refractivity contribution is 6.31. The summed E-state index contributed by atoms with van der Waals surface area (Å²) in [6.45, 7) is 0. The number of carbonyl (C=O) groups excluding carboxylic acids is 3. The van der Waals surface area contributed by atoms with Crippen molar-refractivity contribution in [1.29, 1.82) is 0 Å². The van der Waals surface area contributed by atoms with Gasteiger partial charge in [-0.2, -0.15) is 0 Å². The molecule has 2 N–H and O–H groups in total. The second-order valence-electron chi connectivity index (χ2n) is 6.14. The highest BCUT2D eigenvalue weighted by Crippen LogP contribution is 2.39. The lowest BCUT2D eigenvalue weighted by molar-refractivity contribution is -0.124. The Morgan fingerprint density at radius 1 is 1.23 bits per heavy atom. The van der Waals surface area contributed by atoms with Crippen LogP contribution >= 0.6 is 11.6 Å². The normalized spacial score (nSPS) is 21.1. The summed E-state index contributed by atoms with van der Waals surface area (Å²) in [5.74, 6) is -1.89. The number of anilines is 2. The maximum Gasteiger partial charge on any atom is 0.271 e. The van der Waals surface area contributed by atoms with E-state index in [1.807, 2.05) is 0 Å². The molecule has 1 saturated heterocycles. The van der Waals surface area contributed by atoms with Crippen molar-refractivity contribution in [2.24, 2.45) is 0 Å². The van der Waals surface area contributed by atoms with Crippen molar-refractivity contribution in [3.8, 4) is 0 Å². The lowest BCUT2D eigenvalue weighted by Crippen LogP contribution is -2.68. The molecule has 2 heterocycles. The Hall–Kier alpha value is -2.93. The average molecular weight is 374 g/mol. The van der Waals surface area contributed by atoms with E-state index in [9.17, 15) is 18.8 Å². The van der Waals surface area contributed by atoms with Crippen LogP contribution in [0.4, 0.5) is 15.8 Å². The van der Waals surface area contributed by atoms with E-state index in [4.69, 9.17) is 11.6 Å². The summed E-state index contributed by atoms with van der Waals surface area (Å²) in [5, 5.41) is 5.15. The van der Waals surface area contributed by atoms with E-state index >= 15 is 0 Å². The maximum atomic E-state index is 13.3.